The van der Waals surface area contributed by atoms with Gasteiger partial charge < -0.3 is 0 Å². The van der Waals surface area contributed by atoms with Crippen molar-refractivity contribution in [3.8, 4) is 0 Å². The molecule has 0 unspecified atom stereocenters. The van der Waals surface area contributed by atoms with Crippen LogP contribution < -0.4 is 0 Å². The van der Waals surface area contributed by atoms with E-state index < -0.39 is 0 Å². The minimum absolute atomic E-state index is 0.772. The first-order valence-electron chi connectivity index (χ1n) is 3.36. The molecule has 0 N–H and O–H groups in total. The third-order valence-electron chi connectivity index (χ3n) is 1.34. The molecule has 11 heavy (non-hydrogen) atoms. The van der Waals surface area contributed by atoms with Crippen molar-refractivity contribution >= 4 is 39.7 Å². The molecule has 0 bridgehead atoms. The maximum Gasteiger partial charge on any atom is 0.131 e. The monoisotopic (exact) mass is 279 g/mol. The molecule has 0 fully saturated rings. The second kappa shape index (κ2) is 4.26. The normalized spacial score (nSPS) is 10.4. The lowest BCUT2D eigenvalue weighted by Gasteiger charge is -1.87. The van der Waals surface area contributed by atoms with Crippen LogP contribution in [-0.4, -0.2) is 22.8 Å². The van der Waals surface area contributed by atoms with Gasteiger partial charge in [0.2, 0.25) is 0 Å². The Morgan fingerprint density at radius 3 is 1.91 bits per heavy atom. The van der Waals surface area contributed by atoms with Crippen molar-refractivity contribution in [2.24, 2.45) is 0 Å². The Labute approximate surface area is 83.2 Å². The van der Waals surface area contributed by atoms with Crippen LogP contribution in [0.1, 0.15) is 11.4 Å². The first kappa shape index (κ1) is 9.25. The molecule has 0 aliphatic carbocycles. The summed E-state index contributed by atoms with van der Waals surface area (Å²) < 4.78 is 0. The van der Waals surface area contributed by atoms with Crippen LogP contribution in [-0.2, 0) is 17.1 Å². The molecule has 0 spiro atoms. The van der Waals surface area contributed by atoms with Crippen LogP contribution in [0.5, 0.6) is 0 Å². The minimum Gasteiger partial charge on any atom is -0.193 e. The summed E-state index contributed by atoms with van der Waals surface area (Å²) in [7, 11) is 2.02. The molecule has 0 amide bonds. The molecule has 1 aromatic rings. The number of rotatable bonds is 3. The lowest BCUT2D eigenvalue weighted by atomic mass is 10.2. The first-order chi connectivity index (χ1) is 5.31. The van der Waals surface area contributed by atoms with E-state index in [1.54, 1.807) is 4.80 Å². The highest BCUT2D eigenvalue weighted by Crippen LogP contribution is 2.10. The van der Waals surface area contributed by atoms with Crippen molar-refractivity contribution in [2.75, 3.05) is 0 Å². The van der Waals surface area contributed by atoms with Gasteiger partial charge in [0.25, 0.3) is 0 Å². The van der Waals surface area contributed by atoms with Crippen molar-refractivity contribution in [1.29, 1.82) is 0 Å². The van der Waals surface area contributed by atoms with Gasteiger partial charge >= 0.3 is 0 Å². The molecule has 3 nitrogen and oxygen atoms in total. The molecule has 1 rings (SSSR count). The van der Waals surface area contributed by atoms with Gasteiger partial charge in [-0.1, -0.05) is 31.9 Å². The maximum absolute atomic E-state index is 4.25. The second-order valence-corrected chi connectivity index (χ2v) is 3.17. The molecule has 0 aromatic carbocycles. The SMILES string of the molecule is BCn1nc(CBr)c(CBr)n1. The summed E-state index contributed by atoms with van der Waals surface area (Å²) in [6.45, 7) is 0. The first-order valence-corrected chi connectivity index (χ1v) is 5.61. The fraction of sp³-hybridized carbons (Fsp3) is 0.600. The van der Waals surface area contributed by atoms with E-state index in [1.165, 1.54) is 0 Å². The lowest BCUT2D eigenvalue weighted by molar-refractivity contribution is 0.626. The van der Waals surface area contributed by atoms with E-state index in [4.69, 9.17) is 0 Å². The number of hydrogen-bond donors (Lipinski definition) is 0. The third-order valence-corrected chi connectivity index (χ3v) is 2.40. The van der Waals surface area contributed by atoms with Crippen LogP contribution >= 0.6 is 31.9 Å². The highest BCUT2D eigenvalue weighted by molar-refractivity contribution is 9.09. The molecule has 60 valence electrons. The standard InChI is InChI=1S/C5H8BBr2N3/c6-3-11-9-4(1-7)5(2-8)10-11/h1-3,6H2. The minimum atomic E-state index is 0.772. The second-order valence-electron chi connectivity index (χ2n) is 2.05. The summed E-state index contributed by atoms with van der Waals surface area (Å²) in [5.41, 5.74) is 2.03. The van der Waals surface area contributed by atoms with Crippen LogP contribution in [0.4, 0.5) is 0 Å². The van der Waals surface area contributed by atoms with Crippen LogP contribution in [0.2, 0.25) is 0 Å². The number of halogens is 2. The van der Waals surface area contributed by atoms with E-state index in [9.17, 15) is 0 Å². The quantitative estimate of drug-likeness (QED) is 0.602. The average molecular weight is 281 g/mol. The van der Waals surface area contributed by atoms with Crippen molar-refractivity contribution in [3.05, 3.63) is 11.4 Å². The van der Waals surface area contributed by atoms with Gasteiger partial charge in [0.15, 0.2) is 0 Å². The van der Waals surface area contributed by atoms with Crippen LogP contribution in [0.3, 0.4) is 0 Å². The van der Waals surface area contributed by atoms with Gasteiger partial charge in [-0.15, -0.1) is 0 Å². The fourth-order valence-electron chi connectivity index (χ4n) is 0.766. The average Bonchev–Trinajstić information content (AvgIpc) is 2.46. The van der Waals surface area contributed by atoms with Crippen molar-refractivity contribution in [3.63, 3.8) is 0 Å². The summed E-state index contributed by atoms with van der Waals surface area (Å²) >= 11 is 6.71. The van der Waals surface area contributed by atoms with E-state index in [1.807, 2.05) is 7.85 Å². The number of nitrogens with zero attached hydrogens (tertiary/aromatic N) is 3. The summed E-state index contributed by atoms with van der Waals surface area (Å²) in [5, 5.41) is 10.0. The van der Waals surface area contributed by atoms with Gasteiger partial charge in [-0.2, -0.15) is 15.0 Å². The zero-order valence-corrected chi connectivity index (χ0v) is 9.39. The largest absolute Gasteiger partial charge is 0.193 e. The molecule has 0 aliphatic heterocycles. The van der Waals surface area contributed by atoms with Crippen molar-refractivity contribution in [1.82, 2.24) is 15.0 Å². The Balaban J connectivity index is 2.92. The van der Waals surface area contributed by atoms with Crippen LogP contribution in [0, 0.1) is 0 Å². The topological polar surface area (TPSA) is 30.7 Å². The molecule has 6 heteroatoms. The molecule has 0 saturated heterocycles. The molecule has 0 radical (unpaired) electrons. The zero-order valence-electron chi connectivity index (χ0n) is 6.22. The van der Waals surface area contributed by atoms with Gasteiger partial charge in [0, 0.05) is 17.1 Å². The summed E-state index contributed by atoms with van der Waals surface area (Å²) in [6, 6.07) is 0. The summed E-state index contributed by atoms with van der Waals surface area (Å²) in [5.74, 6) is 0. The molecule has 0 atom stereocenters. The smallest absolute Gasteiger partial charge is 0.131 e. The Kier molecular flexibility index (Phi) is 3.58. The predicted molar refractivity (Wildman–Crippen MR) is 53.8 cm³/mol. The maximum atomic E-state index is 4.25. The van der Waals surface area contributed by atoms with Gasteiger partial charge in [0.1, 0.15) is 7.85 Å². The summed E-state index contributed by atoms with van der Waals surface area (Å²) in [6.07, 6.45) is 0.826. The number of alkyl halides is 2. The van der Waals surface area contributed by atoms with Crippen molar-refractivity contribution < 1.29 is 0 Å². The van der Waals surface area contributed by atoms with E-state index in [-0.39, 0.29) is 0 Å². The molecule has 1 aromatic heterocycles. The van der Waals surface area contributed by atoms with E-state index in [0.29, 0.717) is 0 Å². The summed E-state index contributed by atoms with van der Waals surface area (Å²) in [4.78, 5) is 1.70. The Bertz CT molecular complexity index is 216. The van der Waals surface area contributed by atoms with Gasteiger partial charge in [-0.25, -0.2) is 0 Å². The molecule has 0 saturated carbocycles. The Morgan fingerprint density at radius 2 is 1.64 bits per heavy atom. The molecule has 1 heterocycles. The Morgan fingerprint density at radius 1 is 1.18 bits per heavy atom. The molecule has 0 aliphatic rings. The molecular formula is C5H8BBr2N3. The highest BCUT2D eigenvalue weighted by atomic mass is 79.9. The van der Waals surface area contributed by atoms with Crippen LogP contribution in [0.15, 0.2) is 0 Å². The number of hydrogen-bond acceptors (Lipinski definition) is 2. The van der Waals surface area contributed by atoms with Gasteiger partial charge in [-0.3, -0.25) is 0 Å². The predicted octanol–water partition coefficient (Wildman–Crippen LogP) is 0.659. The zero-order chi connectivity index (χ0) is 8.27. The highest BCUT2D eigenvalue weighted by Gasteiger charge is 2.06. The van der Waals surface area contributed by atoms with E-state index >= 15 is 0 Å². The molecular weight excluding hydrogens is 273 g/mol. The number of aromatic nitrogens is 3. The van der Waals surface area contributed by atoms with Crippen molar-refractivity contribution in [2.45, 2.75) is 17.1 Å². The van der Waals surface area contributed by atoms with Gasteiger partial charge in [-0.05, 0) is 0 Å². The van der Waals surface area contributed by atoms with E-state index in [0.717, 1.165) is 28.5 Å². The Hall–Kier alpha value is 0.165. The van der Waals surface area contributed by atoms with Gasteiger partial charge in [0.05, 0.1) is 11.4 Å². The van der Waals surface area contributed by atoms with E-state index in [2.05, 4.69) is 42.1 Å². The fourth-order valence-corrected chi connectivity index (χ4v) is 1.64. The lowest BCUT2D eigenvalue weighted by Crippen LogP contribution is -2.01. The van der Waals surface area contributed by atoms with Crippen LogP contribution in [0.25, 0.3) is 0 Å². The third kappa shape index (κ3) is 2.05.